The van der Waals surface area contributed by atoms with Gasteiger partial charge in [-0.3, -0.25) is 10.1 Å². The third kappa shape index (κ3) is 7.02. The van der Waals surface area contributed by atoms with Crippen molar-refractivity contribution in [1.82, 2.24) is 25.5 Å². The first-order valence-electron chi connectivity index (χ1n) is 13.1. The molecule has 13 heteroatoms. The summed E-state index contributed by atoms with van der Waals surface area (Å²) >= 11 is 6.31. The molecular weight excluding hydrogens is 558 g/mol. The zero-order chi connectivity index (χ0) is 29.7. The fraction of sp³-hybridized carbons (Fsp3) is 0.393. The number of piperidine rings is 1. The van der Waals surface area contributed by atoms with E-state index < -0.39 is 30.2 Å². The molecule has 4 rings (SSSR count). The first-order valence-corrected chi connectivity index (χ1v) is 13.5. The second-order valence-electron chi connectivity index (χ2n) is 9.63. The lowest BCUT2D eigenvalue weighted by Crippen LogP contribution is -2.51. The summed E-state index contributed by atoms with van der Waals surface area (Å²) in [6.07, 6.45) is 0.130. The molecule has 2 aromatic carbocycles. The van der Waals surface area contributed by atoms with Gasteiger partial charge < -0.3 is 30.1 Å². The van der Waals surface area contributed by atoms with Gasteiger partial charge in [0.05, 0.1) is 30.6 Å². The quantitative estimate of drug-likeness (QED) is 0.255. The molecule has 41 heavy (non-hydrogen) atoms. The van der Waals surface area contributed by atoms with E-state index in [0.29, 0.717) is 30.7 Å². The minimum Gasteiger partial charge on any atom is -0.495 e. The Bertz CT molecular complexity index is 1400. The van der Waals surface area contributed by atoms with E-state index in [9.17, 15) is 14.3 Å². The van der Waals surface area contributed by atoms with Crippen LogP contribution in [0, 0.1) is 5.82 Å². The van der Waals surface area contributed by atoms with Crippen molar-refractivity contribution >= 4 is 29.1 Å². The highest BCUT2D eigenvalue weighted by molar-refractivity contribution is 6.31. The number of amides is 1. The number of hydrogen-bond donors (Lipinski definition) is 4. The highest BCUT2D eigenvalue weighted by atomic mass is 35.5. The lowest BCUT2D eigenvalue weighted by molar-refractivity contribution is 0.0817. The molecular formula is C28H33ClF2N6O4. The van der Waals surface area contributed by atoms with Crippen LogP contribution in [0.15, 0.2) is 36.5 Å². The molecule has 1 amide bonds. The largest absolute Gasteiger partial charge is 0.495 e. The number of benzene rings is 2. The Morgan fingerprint density at radius 3 is 2.78 bits per heavy atom. The number of aryl methyl sites for hydroxylation is 1. The predicted octanol–water partition coefficient (Wildman–Crippen LogP) is 4.36. The third-order valence-corrected chi connectivity index (χ3v) is 7.10. The summed E-state index contributed by atoms with van der Waals surface area (Å²) in [6.45, 7) is 2.76. The van der Waals surface area contributed by atoms with Crippen LogP contribution in [-0.2, 0) is 6.42 Å². The average molecular weight is 591 g/mol. The van der Waals surface area contributed by atoms with Gasteiger partial charge in [0.2, 0.25) is 11.8 Å². The molecule has 10 nitrogen and oxygen atoms in total. The Kier molecular flexibility index (Phi) is 9.92. The summed E-state index contributed by atoms with van der Waals surface area (Å²) < 4.78 is 40.9. The molecule has 1 aliphatic rings. The smallest absolute Gasteiger partial charge is 0.254 e. The standard InChI is InChI=1S/C28H33ClF2N6O4/c1-5-15-7-6-8-22(24(15)26(39)32-2)41-27-17(29)13-33-28(36-27)35-21-12-18(30)16(11-23(21)40-4)25(38)34-20-9-10-37(3)14-19(20)31/h6-8,11-13,19-20,26,32,39H,5,9-10,14H2,1-4H3,(H,34,38)(H,33,35,36)/t19-,20+,26?/m1/s1. The summed E-state index contributed by atoms with van der Waals surface area (Å²) in [5.74, 6) is -1.10. The van der Waals surface area contributed by atoms with E-state index in [1.165, 1.54) is 19.4 Å². The van der Waals surface area contributed by atoms with Crippen LogP contribution in [0.4, 0.5) is 20.4 Å². The number of carbonyl (C=O) groups excluding carboxylic acids is 1. The van der Waals surface area contributed by atoms with Gasteiger partial charge >= 0.3 is 0 Å². The molecule has 0 saturated carbocycles. The number of nitrogens with zero attached hydrogens (tertiary/aromatic N) is 3. The van der Waals surface area contributed by atoms with Crippen molar-refractivity contribution in [3.63, 3.8) is 0 Å². The molecule has 2 heterocycles. The molecule has 0 radical (unpaired) electrons. The van der Waals surface area contributed by atoms with Crippen LogP contribution in [0.3, 0.4) is 0 Å². The van der Waals surface area contributed by atoms with Gasteiger partial charge in [0.25, 0.3) is 5.91 Å². The second kappa shape index (κ2) is 13.4. The summed E-state index contributed by atoms with van der Waals surface area (Å²) in [7, 11) is 4.78. The highest BCUT2D eigenvalue weighted by Gasteiger charge is 2.30. The number of anilines is 2. The van der Waals surface area contributed by atoms with Gasteiger partial charge in [-0.1, -0.05) is 30.7 Å². The molecule has 1 fully saturated rings. The number of hydrogen-bond acceptors (Lipinski definition) is 9. The maximum Gasteiger partial charge on any atom is 0.254 e. The number of likely N-dealkylation sites (tertiary alicyclic amines) is 1. The molecule has 1 aromatic heterocycles. The van der Waals surface area contributed by atoms with E-state index in [4.69, 9.17) is 21.1 Å². The molecule has 220 valence electrons. The fourth-order valence-electron chi connectivity index (χ4n) is 4.61. The number of aromatic nitrogens is 2. The second-order valence-corrected chi connectivity index (χ2v) is 10.0. The van der Waals surface area contributed by atoms with E-state index in [1.54, 1.807) is 26.2 Å². The van der Waals surface area contributed by atoms with Crippen LogP contribution in [0.1, 0.15) is 41.1 Å². The van der Waals surface area contributed by atoms with Gasteiger partial charge in [0.1, 0.15) is 34.7 Å². The molecule has 0 spiro atoms. The van der Waals surface area contributed by atoms with Crippen molar-refractivity contribution in [3.8, 4) is 17.4 Å². The van der Waals surface area contributed by atoms with Crippen LogP contribution in [0.5, 0.6) is 17.4 Å². The molecule has 0 aliphatic carbocycles. The summed E-state index contributed by atoms with van der Waals surface area (Å²) in [4.78, 5) is 23.1. The molecule has 3 atom stereocenters. The molecule has 1 aliphatic heterocycles. The van der Waals surface area contributed by atoms with Gasteiger partial charge in [-0.15, -0.1) is 0 Å². The molecule has 1 unspecified atom stereocenters. The molecule has 4 N–H and O–H groups in total. The SMILES string of the molecule is CCc1cccc(Oc2nc(Nc3cc(F)c(C(=O)N[C@H]4CCN(C)C[C@H]4F)cc3OC)ncc2Cl)c1C(O)NC. The Morgan fingerprint density at radius 2 is 2.10 bits per heavy atom. The van der Waals surface area contributed by atoms with Crippen molar-refractivity contribution in [1.29, 1.82) is 0 Å². The summed E-state index contributed by atoms with van der Waals surface area (Å²) in [6, 6.07) is 6.94. The van der Waals surface area contributed by atoms with Crippen LogP contribution in [-0.4, -0.2) is 72.4 Å². The normalized spacial score (nSPS) is 18.0. The van der Waals surface area contributed by atoms with Crippen LogP contribution in [0.2, 0.25) is 5.02 Å². The Morgan fingerprint density at radius 1 is 1.32 bits per heavy atom. The van der Waals surface area contributed by atoms with Gasteiger partial charge in [0.15, 0.2) is 0 Å². The lowest BCUT2D eigenvalue weighted by Gasteiger charge is -2.32. The minimum atomic E-state index is -1.26. The molecule has 0 bridgehead atoms. The number of rotatable bonds is 10. The van der Waals surface area contributed by atoms with Gasteiger partial charge in [-0.05, 0) is 44.6 Å². The number of aliphatic hydroxyl groups excluding tert-OH is 1. The average Bonchev–Trinajstić information content (AvgIpc) is 2.95. The fourth-order valence-corrected chi connectivity index (χ4v) is 4.74. The van der Waals surface area contributed by atoms with Gasteiger partial charge in [0, 0.05) is 24.7 Å². The minimum absolute atomic E-state index is 0.00341. The summed E-state index contributed by atoms with van der Waals surface area (Å²) in [5.41, 5.74) is 1.26. The van der Waals surface area contributed by atoms with Crippen molar-refractivity contribution < 1.29 is 28.2 Å². The number of halogens is 3. The number of alkyl halides is 1. The van der Waals surface area contributed by atoms with Crippen LogP contribution >= 0.6 is 11.6 Å². The Hall–Kier alpha value is -3.58. The van der Waals surface area contributed by atoms with E-state index >= 15 is 4.39 Å². The Labute approximate surface area is 242 Å². The molecule has 3 aromatic rings. The predicted molar refractivity (Wildman–Crippen MR) is 151 cm³/mol. The Balaban J connectivity index is 1.57. The number of nitrogens with one attached hydrogen (secondary N) is 3. The lowest BCUT2D eigenvalue weighted by atomic mass is 10.0. The topological polar surface area (TPSA) is 121 Å². The number of aliphatic hydroxyl groups is 1. The van der Waals surface area contributed by atoms with E-state index in [2.05, 4.69) is 25.9 Å². The number of carbonyl (C=O) groups is 1. The van der Waals surface area contributed by atoms with Crippen LogP contribution < -0.4 is 25.4 Å². The van der Waals surface area contributed by atoms with Crippen molar-refractivity contribution in [2.75, 3.05) is 39.6 Å². The first-order chi connectivity index (χ1) is 19.6. The zero-order valence-electron chi connectivity index (χ0n) is 23.2. The van der Waals surface area contributed by atoms with Crippen molar-refractivity contribution in [2.24, 2.45) is 0 Å². The molecule has 1 saturated heterocycles. The monoisotopic (exact) mass is 590 g/mol. The number of methoxy groups -OCH3 is 1. The first kappa shape index (κ1) is 30.4. The maximum absolute atomic E-state index is 15.1. The van der Waals surface area contributed by atoms with E-state index in [-0.39, 0.29) is 40.4 Å². The highest BCUT2D eigenvalue weighted by Crippen LogP contribution is 2.35. The van der Waals surface area contributed by atoms with E-state index in [0.717, 1.165) is 11.6 Å². The third-order valence-electron chi connectivity index (χ3n) is 6.84. The van der Waals surface area contributed by atoms with E-state index in [1.807, 2.05) is 17.9 Å². The van der Waals surface area contributed by atoms with Crippen LogP contribution in [0.25, 0.3) is 0 Å². The van der Waals surface area contributed by atoms with Gasteiger partial charge in [-0.25, -0.2) is 13.8 Å². The van der Waals surface area contributed by atoms with Crippen molar-refractivity contribution in [2.45, 2.75) is 38.2 Å². The number of ether oxygens (including phenoxy) is 2. The zero-order valence-corrected chi connectivity index (χ0v) is 23.9. The summed E-state index contributed by atoms with van der Waals surface area (Å²) in [5, 5.41) is 18.9. The van der Waals surface area contributed by atoms with Crippen molar-refractivity contribution in [3.05, 3.63) is 64.1 Å². The maximum atomic E-state index is 15.1. The van der Waals surface area contributed by atoms with Gasteiger partial charge in [-0.2, -0.15) is 4.98 Å².